The second-order valence-electron chi connectivity index (χ2n) is 6.66. The molecule has 3 amide bonds. The lowest BCUT2D eigenvalue weighted by atomic mass is 10.1. The minimum absolute atomic E-state index is 0. The predicted octanol–water partition coefficient (Wildman–Crippen LogP) is 2.05. The maximum absolute atomic E-state index is 13.2. The second-order valence-corrected chi connectivity index (χ2v) is 6.66. The van der Waals surface area contributed by atoms with Gasteiger partial charge in [0.05, 0.1) is 30.3 Å². The molecule has 1 aromatic carbocycles. The van der Waals surface area contributed by atoms with Gasteiger partial charge in [-0.3, -0.25) is 9.69 Å². The summed E-state index contributed by atoms with van der Waals surface area (Å²) in [6.07, 6.45) is 1.74. The van der Waals surface area contributed by atoms with Crippen molar-refractivity contribution in [1.82, 2.24) is 25.1 Å². The lowest BCUT2D eigenvalue weighted by molar-refractivity contribution is 0.0344. The number of aromatic amines is 1. The first-order valence-electron chi connectivity index (χ1n) is 9.10. The molecule has 0 bridgehead atoms. The van der Waals surface area contributed by atoms with Gasteiger partial charge < -0.3 is 19.9 Å². The Morgan fingerprint density at radius 2 is 1.93 bits per heavy atom. The van der Waals surface area contributed by atoms with Gasteiger partial charge in [-0.15, -0.1) is 24.8 Å². The molecule has 2 fully saturated rings. The smallest absolute Gasteiger partial charge is 0.327 e. The molecule has 3 heterocycles. The molecule has 2 aromatic rings. The number of H-pyrrole nitrogens is 1. The number of urea groups is 1. The molecule has 2 saturated heterocycles. The zero-order chi connectivity index (χ0) is 17.9. The molecular weight excluding hydrogens is 405 g/mol. The van der Waals surface area contributed by atoms with Gasteiger partial charge in [0.25, 0.3) is 5.91 Å². The zero-order valence-corrected chi connectivity index (χ0v) is 17.1. The van der Waals surface area contributed by atoms with Crippen LogP contribution in [0.25, 0.3) is 11.0 Å². The van der Waals surface area contributed by atoms with Crippen molar-refractivity contribution in [3.05, 3.63) is 30.1 Å². The zero-order valence-electron chi connectivity index (χ0n) is 15.4. The standard InChI is InChI=1S/C18H23N5O3.2ClH/c24-17(16-20-14-5-1-2-6-15(14)21-16)23(13-4-3-7-19-12-13)18(25)22-8-10-26-11-9-22;;/h1-2,5-6,13,19H,3-4,7-12H2,(H,20,21);2*1H. The number of amides is 3. The number of nitrogens with zero attached hydrogens (tertiary/aromatic N) is 3. The topological polar surface area (TPSA) is 90.6 Å². The molecule has 1 atom stereocenters. The van der Waals surface area contributed by atoms with E-state index in [1.165, 1.54) is 4.90 Å². The fourth-order valence-corrected chi connectivity index (χ4v) is 3.54. The lowest BCUT2D eigenvalue weighted by Crippen LogP contribution is -2.57. The van der Waals surface area contributed by atoms with Crippen LogP contribution in [0.15, 0.2) is 24.3 Å². The van der Waals surface area contributed by atoms with E-state index in [0.29, 0.717) is 32.8 Å². The van der Waals surface area contributed by atoms with Gasteiger partial charge in [0.2, 0.25) is 0 Å². The number of nitrogens with one attached hydrogen (secondary N) is 2. The summed E-state index contributed by atoms with van der Waals surface area (Å²) in [5, 5.41) is 3.29. The Bertz CT molecular complexity index is 770. The highest BCUT2D eigenvalue weighted by atomic mass is 35.5. The molecule has 1 aromatic heterocycles. The Kier molecular flexibility index (Phi) is 8.06. The van der Waals surface area contributed by atoms with E-state index in [-0.39, 0.29) is 48.6 Å². The number of carbonyl (C=O) groups is 2. The number of aromatic nitrogens is 2. The van der Waals surface area contributed by atoms with Gasteiger partial charge in [-0.2, -0.15) is 0 Å². The highest BCUT2D eigenvalue weighted by Crippen LogP contribution is 2.18. The number of imide groups is 1. The Morgan fingerprint density at radius 3 is 2.61 bits per heavy atom. The van der Waals surface area contributed by atoms with E-state index in [1.54, 1.807) is 4.90 Å². The van der Waals surface area contributed by atoms with Gasteiger partial charge in [0.15, 0.2) is 5.82 Å². The molecule has 0 saturated carbocycles. The summed E-state index contributed by atoms with van der Waals surface area (Å²) < 4.78 is 5.33. The van der Waals surface area contributed by atoms with Crippen molar-refractivity contribution in [2.45, 2.75) is 18.9 Å². The quantitative estimate of drug-likeness (QED) is 0.761. The first-order chi connectivity index (χ1) is 12.7. The largest absolute Gasteiger partial charge is 0.378 e. The molecule has 0 aliphatic carbocycles. The molecule has 4 rings (SSSR count). The van der Waals surface area contributed by atoms with Crippen LogP contribution in [0.5, 0.6) is 0 Å². The molecule has 0 spiro atoms. The minimum Gasteiger partial charge on any atom is -0.378 e. The summed E-state index contributed by atoms with van der Waals surface area (Å²) in [5.74, 6) is -0.162. The van der Waals surface area contributed by atoms with Crippen LogP contribution < -0.4 is 5.32 Å². The fraction of sp³-hybridized carbons (Fsp3) is 0.500. The normalized spacial score (nSPS) is 19.4. The third-order valence-electron chi connectivity index (χ3n) is 4.93. The monoisotopic (exact) mass is 429 g/mol. The number of hydrogen-bond acceptors (Lipinski definition) is 5. The lowest BCUT2D eigenvalue weighted by Gasteiger charge is -2.37. The maximum Gasteiger partial charge on any atom is 0.327 e. The van der Waals surface area contributed by atoms with Crippen LogP contribution in [0.2, 0.25) is 0 Å². The Balaban J connectivity index is 0.00000140. The van der Waals surface area contributed by atoms with Gasteiger partial charge in [0.1, 0.15) is 0 Å². The number of ether oxygens (including phenoxy) is 1. The van der Waals surface area contributed by atoms with E-state index >= 15 is 0 Å². The number of benzene rings is 1. The van der Waals surface area contributed by atoms with Crippen molar-refractivity contribution < 1.29 is 14.3 Å². The molecular formula is C18H25Cl2N5O3. The van der Waals surface area contributed by atoms with Crippen LogP contribution in [0.3, 0.4) is 0 Å². The molecule has 2 aliphatic heterocycles. The van der Waals surface area contributed by atoms with Crippen molar-refractivity contribution in [3.8, 4) is 0 Å². The second kappa shape index (κ2) is 10.1. The number of fused-ring (bicyclic) bond motifs is 1. The third kappa shape index (κ3) is 4.57. The van der Waals surface area contributed by atoms with Gasteiger partial charge in [0, 0.05) is 19.6 Å². The minimum atomic E-state index is -0.369. The van der Waals surface area contributed by atoms with Crippen molar-refractivity contribution in [3.63, 3.8) is 0 Å². The first-order valence-corrected chi connectivity index (χ1v) is 9.10. The van der Waals surface area contributed by atoms with Crippen LogP contribution in [-0.4, -0.2) is 77.1 Å². The molecule has 10 heteroatoms. The van der Waals surface area contributed by atoms with Crippen molar-refractivity contribution in [2.75, 3.05) is 39.4 Å². The van der Waals surface area contributed by atoms with E-state index in [0.717, 1.165) is 30.4 Å². The molecule has 2 N–H and O–H groups in total. The highest BCUT2D eigenvalue weighted by molar-refractivity contribution is 6.04. The van der Waals surface area contributed by atoms with E-state index in [9.17, 15) is 9.59 Å². The van der Waals surface area contributed by atoms with E-state index in [2.05, 4.69) is 15.3 Å². The SMILES string of the molecule is Cl.Cl.O=C(c1nc2ccccc2[nH]1)N(C(=O)N1CCOCC1)C1CCCNC1. The molecule has 154 valence electrons. The van der Waals surface area contributed by atoms with Gasteiger partial charge in [-0.25, -0.2) is 9.78 Å². The van der Waals surface area contributed by atoms with Gasteiger partial charge >= 0.3 is 6.03 Å². The number of piperidine rings is 1. The summed E-state index contributed by atoms with van der Waals surface area (Å²) >= 11 is 0. The highest BCUT2D eigenvalue weighted by Gasteiger charge is 2.36. The summed E-state index contributed by atoms with van der Waals surface area (Å²) in [4.78, 5) is 36.9. The number of hydrogen-bond donors (Lipinski definition) is 2. The van der Waals surface area contributed by atoms with Crippen molar-refractivity contribution in [1.29, 1.82) is 0 Å². The number of halogens is 2. The van der Waals surface area contributed by atoms with E-state index in [1.807, 2.05) is 24.3 Å². The summed E-state index contributed by atoms with van der Waals surface area (Å²) in [6, 6.07) is 7.05. The van der Waals surface area contributed by atoms with Gasteiger partial charge in [-0.1, -0.05) is 12.1 Å². The Hall–Kier alpha value is -1.87. The van der Waals surface area contributed by atoms with Gasteiger partial charge in [-0.05, 0) is 31.5 Å². The van der Waals surface area contributed by atoms with Crippen LogP contribution >= 0.6 is 24.8 Å². The Labute approximate surface area is 175 Å². The predicted molar refractivity (Wildman–Crippen MR) is 110 cm³/mol. The summed E-state index contributed by atoms with van der Waals surface area (Å²) in [6.45, 7) is 3.53. The van der Waals surface area contributed by atoms with Crippen molar-refractivity contribution >= 4 is 47.8 Å². The average Bonchev–Trinajstić information content (AvgIpc) is 3.14. The molecule has 0 radical (unpaired) electrons. The number of rotatable bonds is 2. The van der Waals surface area contributed by atoms with Crippen molar-refractivity contribution in [2.24, 2.45) is 0 Å². The average molecular weight is 430 g/mol. The maximum atomic E-state index is 13.2. The molecule has 28 heavy (non-hydrogen) atoms. The molecule has 2 aliphatic rings. The van der Waals surface area contributed by atoms with E-state index in [4.69, 9.17) is 4.74 Å². The molecule has 1 unspecified atom stereocenters. The number of para-hydroxylation sites is 2. The Morgan fingerprint density at radius 1 is 1.18 bits per heavy atom. The fourth-order valence-electron chi connectivity index (χ4n) is 3.54. The molecule has 8 nitrogen and oxygen atoms in total. The van der Waals surface area contributed by atoms with E-state index < -0.39 is 0 Å². The van der Waals surface area contributed by atoms with Crippen LogP contribution in [-0.2, 0) is 4.74 Å². The summed E-state index contributed by atoms with van der Waals surface area (Å²) in [5.41, 5.74) is 1.51. The van der Waals surface area contributed by atoms with Crippen LogP contribution in [0.1, 0.15) is 23.5 Å². The number of morpholine rings is 1. The number of carbonyl (C=O) groups excluding carboxylic acids is 2. The number of imidazole rings is 1. The summed E-state index contributed by atoms with van der Waals surface area (Å²) in [7, 11) is 0. The third-order valence-corrected chi connectivity index (χ3v) is 4.93. The first kappa shape index (κ1) is 22.4. The van der Waals surface area contributed by atoms with Crippen LogP contribution in [0.4, 0.5) is 4.79 Å². The van der Waals surface area contributed by atoms with Crippen LogP contribution in [0, 0.1) is 0 Å².